The second-order valence-electron chi connectivity index (χ2n) is 4.10. The van der Waals surface area contributed by atoms with Gasteiger partial charge in [-0.3, -0.25) is 14.5 Å². The van der Waals surface area contributed by atoms with Crippen molar-refractivity contribution in [3.05, 3.63) is 45.8 Å². The highest BCUT2D eigenvalue weighted by Gasteiger charge is 2.15. The molecule has 1 N–H and O–H groups in total. The van der Waals surface area contributed by atoms with Crippen LogP contribution >= 0.6 is 19.0 Å². The molecule has 0 saturated carbocycles. The highest BCUT2D eigenvalue weighted by Crippen LogP contribution is 2.37. The fourth-order valence-corrected chi connectivity index (χ4v) is 2.17. The average molecular weight is 287 g/mol. The van der Waals surface area contributed by atoms with Gasteiger partial charge in [-0.15, -0.1) is 0 Å². The fourth-order valence-electron chi connectivity index (χ4n) is 1.44. The fraction of sp³-hybridized carbons (Fsp3) is 0.182. The molecule has 18 heavy (non-hydrogen) atoms. The van der Waals surface area contributed by atoms with Crippen LogP contribution in [0.1, 0.15) is 0 Å². The van der Waals surface area contributed by atoms with Crippen molar-refractivity contribution in [2.24, 2.45) is 0 Å². The van der Waals surface area contributed by atoms with Gasteiger partial charge in [0.1, 0.15) is 0 Å². The summed E-state index contributed by atoms with van der Waals surface area (Å²) in [6.45, 7) is 2.90. The standard InChI is InChI=1S/C11H12ClN2O3P/c1-18(2,16)17-10-7-13-14(11(10)15)9-5-3-8(12)4-6-9/h3-7,13H,1-2H3. The number of H-pyrrole nitrogens is 1. The molecule has 0 bridgehead atoms. The van der Waals surface area contributed by atoms with Crippen LogP contribution < -0.4 is 10.1 Å². The summed E-state index contributed by atoms with van der Waals surface area (Å²) in [5.74, 6) is 0.0401. The van der Waals surface area contributed by atoms with Crippen LogP contribution in [0, 0.1) is 0 Å². The molecule has 1 heterocycles. The molecule has 2 aromatic rings. The summed E-state index contributed by atoms with van der Waals surface area (Å²) >= 11 is 5.77. The number of aromatic nitrogens is 2. The number of benzene rings is 1. The Morgan fingerprint density at radius 1 is 1.28 bits per heavy atom. The van der Waals surface area contributed by atoms with Crippen LogP contribution in [-0.2, 0) is 4.57 Å². The first-order valence-electron chi connectivity index (χ1n) is 5.18. The molecule has 0 fully saturated rings. The Bertz CT molecular complexity index is 654. The van der Waals surface area contributed by atoms with Crippen LogP contribution in [0.5, 0.6) is 5.75 Å². The van der Waals surface area contributed by atoms with Crippen LogP contribution in [0.15, 0.2) is 35.3 Å². The van der Waals surface area contributed by atoms with E-state index in [2.05, 4.69) is 5.10 Å². The van der Waals surface area contributed by atoms with Crippen molar-refractivity contribution >= 4 is 19.0 Å². The molecule has 0 radical (unpaired) electrons. The van der Waals surface area contributed by atoms with E-state index in [4.69, 9.17) is 16.1 Å². The van der Waals surface area contributed by atoms with Crippen LogP contribution in [0.4, 0.5) is 0 Å². The van der Waals surface area contributed by atoms with E-state index in [0.717, 1.165) is 0 Å². The molecule has 0 aliphatic carbocycles. The lowest BCUT2D eigenvalue weighted by Crippen LogP contribution is -2.15. The van der Waals surface area contributed by atoms with Gasteiger partial charge in [-0.1, -0.05) is 11.6 Å². The Balaban J connectivity index is 2.40. The Kier molecular flexibility index (Phi) is 3.37. The number of aromatic amines is 1. The first-order valence-corrected chi connectivity index (χ1v) is 8.07. The van der Waals surface area contributed by atoms with E-state index in [0.29, 0.717) is 10.7 Å². The lowest BCUT2D eigenvalue weighted by molar-refractivity contribution is 0.491. The van der Waals surface area contributed by atoms with E-state index in [1.165, 1.54) is 24.2 Å². The second kappa shape index (κ2) is 4.67. The van der Waals surface area contributed by atoms with E-state index in [1.54, 1.807) is 24.3 Å². The zero-order valence-electron chi connectivity index (χ0n) is 9.88. The van der Waals surface area contributed by atoms with Crippen LogP contribution in [0.25, 0.3) is 5.69 Å². The number of halogens is 1. The van der Waals surface area contributed by atoms with Crippen LogP contribution in [0.3, 0.4) is 0 Å². The second-order valence-corrected chi connectivity index (χ2v) is 7.22. The van der Waals surface area contributed by atoms with Gasteiger partial charge in [-0.25, -0.2) is 4.68 Å². The van der Waals surface area contributed by atoms with Gasteiger partial charge in [-0.05, 0) is 24.3 Å². The quantitative estimate of drug-likeness (QED) is 0.882. The molecule has 0 spiro atoms. The van der Waals surface area contributed by atoms with E-state index in [9.17, 15) is 9.36 Å². The highest BCUT2D eigenvalue weighted by molar-refractivity contribution is 7.57. The minimum Gasteiger partial charge on any atom is -0.436 e. The predicted octanol–water partition coefficient (Wildman–Crippen LogP) is 2.74. The van der Waals surface area contributed by atoms with Crippen molar-refractivity contribution in [3.8, 4) is 11.4 Å². The lowest BCUT2D eigenvalue weighted by Gasteiger charge is -2.06. The zero-order chi connectivity index (χ0) is 13.3. The van der Waals surface area contributed by atoms with Crippen LogP contribution in [-0.4, -0.2) is 23.1 Å². The van der Waals surface area contributed by atoms with Crippen molar-refractivity contribution in [1.82, 2.24) is 9.78 Å². The summed E-state index contributed by atoms with van der Waals surface area (Å²) in [6.07, 6.45) is 1.39. The largest absolute Gasteiger partial charge is 0.436 e. The Hall–Kier alpha value is -1.45. The van der Waals surface area contributed by atoms with E-state index in [1.807, 2.05) is 0 Å². The van der Waals surface area contributed by atoms with Crippen LogP contribution in [0.2, 0.25) is 5.02 Å². The predicted molar refractivity (Wildman–Crippen MR) is 71.5 cm³/mol. The molecule has 0 aliphatic rings. The van der Waals surface area contributed by atoms with Crippen molar-refractivity contribution in [3.63, 3.8) is 0 Å². The number of nitrogens with one attached hydrogen (secondary N) is 1. The van der Waals surface area contributed by atoms with Gasteiger partial charge < -0.3 is 4.52 Å². The van der Waals surface area contributed by atoms with Gasteiger partial charge in [0.25, 0.3) is 0 Å². The zero-order valence-corrected chi connectivity index (χ0v) is 11.5. The molecule has 0 amide bonds. The first-order chi connectivity index (χ1) is 8.37. The third-order valence-corrected chi connectivity index (χ3v) is 3.03. The minimum atomic E-state index is -2.76. The molecule has 0 saturated heterocycles. The van der Waals surface area contributed by atoms with Gasteiger partial charge in [0.2, 0.25) is 13.1 Å². The first kappa shape index (κ1) is 13.0. The summed E-state index contributed by atoms with van der Waals surface area (Å²) in [5, 5.41) is 3.33. The molecule has 96 valence electrons. The molecule has 1 aromatic carbocycles. The van der Waals surface area contributed by atoms with Crippen molar-refractivity contribution in [2.45, 2.75) is 0 Å². The van der Waals surface area contributed by atoms with Crippen molar-refractivity contribution in [2.75, 3.05) is 13.3 Å². The molecular weight excluding hydrogens is 275 g/mol. The van der Waals surface area contributed by atoms with Gasteiger partial charge in [0.15, 0.2) is 0 Å². The molecular formula is C11H12ClN2O3P. The van der Waals surface area contributed by atoms with Gasteiger partial charge in [0.05, 0.1) is 11.9 Å². The number of rotatable bonds is 3. The maximum Gasteiger partial charge on any atom is 0.314 e. The molecule has 1 aromatic heterocycles. The topological polar surface area (TPSA) is 64.1 Å². The van der Waals surface area contributed by atoms with E-state index >= 15 is 0 Å². The molecule has 0 aliphatic heterocycles. The summed E-state index contributed by atoms with van der Waals surface area (Å²) in [6, 6.07) is 6.74. The summed E-state index contributed by atoms with van der Waals surface area (Å²) in [5.41, 5.74) is 0.238. The summed E-state index contributed by atoms with van der Waals surface area (Å²) < 4.78 is 17.9. The summed E-state index contributed by atoms with van der Waals surface area (Å²) in [4.78, 5) is 12.0. The smallest absolute Gasteiger partial charge is 0.314 e. The maximum absolute atomic E-state index is 12.0. The number of nitrogens with zero attached hydrogens (tertiary/aromatic N) is 1. The highest BCUT2D eigenvalue weighted by atomic mass is 35.5. The molecule has 2 rings (SSSR count). The van der Waals surface area contributed by atoms with Crippen molar-refractivity contribution < 1.29 is 9.09 Å². The summed E-state index contributed by atoms with van der Waals surface area (Å²) in [7, 11) is -2.76. The Morgan fingerprint density at radius 3 is 2.44 bits per heavy atom. The normalized spacial score (nSPS) is 11.5. The third-order valence-electron chi connectivity index (χ3n) is 2.14. The monoisotopic (exact) mass is 286 g/mol. The lowest BCUT2D eigenvalue weighted by atomic mass is 10.3. The van der Waals surface area contributed by atoms with Crippen molar-refractivity contribution in [1.29, 1.82) is 0 Å². The van der Waals surface area contributed by atoms with Gasteiger partial charge in [-0.2, -0.15) is 0 Å². The molecule has 0 atom stereocenters. The number of hydrogen-bond acceptors (Lipinski definition) is 3. The van der Waals surface area contributed by atoms with Gasteiger partial charge in [0, 0.05) is 18.4 Å². The molecule has 5 nitrogen and oxygen atoms in total. The van der Waals surface area contributed by atoms with Gasteiger partial charge >= 0.3 is 5.56 Å². The Morgan fingerprint density at radius 2 is 1.89 bits per heavy atom. The SMILES string of the molecule is CP(C)(=O)Oc1c[nH]n(-c2ccc(Cl)cc2)c1=O. The Labute approximate surface area is 109 Å². The maximum atomic E-state index is 12.0. The molecule has 7 heteroatoms. The average Bonchev–Trinajstić information content (AvgIpc) is 2.60. The minimum absolute atomic E-state index is 0.0401. The third kappa shape index (κ3) is 2.86. The molecule has 0 unspecified atom stereocenters. The van der Waals surface area contributed by atoms with E-state index < -0.39 is 7.37 Å². The number of hydrogen-bond donors (Lipinski definition) is 1. The van der Waals surface area contributed by atoms with E-state index in [-0.39, 0.29) is 11.3 Å².